The molecule has 6 heteroatoms. The molecular formula is C14H24B3NO2. The molecule has 1 N–H and O–H groups in total. The van der Waals surface area contributed by atoms with Gasteiger partial charge in [-0.15, -0.1) is 0 Å². The summed E-state index contributed by atoms with van der Waals surface area (Å²) in [6.45, 7) is 6.44. The number of hydrogen-bond acceptors (Lipinski definition) is 2. The van der Waals surface area contributed by atoms with Gasteiger partial charge in [-0.1, -0.05) is 45.3 Å². The fourth-order valence-electron chi connectivity index (χ4n) is 3.29. The lowest BCUT2D eigenvalue weighted by molar-refractivity contribution is -0.158. The van der Waals surface area contributed by atoms with Gasteiger partial charge in [0, 0.05) is 18.4 Å². The number of hydrogen-bond donors (Lipinski definition) is 1. The standard InChI is InChI=1S/C14H24B3NO2/c1-4-6-8-12(3,7-5-2)13(20)9-10-18(11(13)19)14(15,16)17/h20H,4-10H2,1-3H3. The van der Waals surface area contributed by atoms with Crippen molar-refractivity contribution in [3.63, 3.8) is 0 Å². The number of rotatable bonds is 7. The number of unbranched alkanes of at least 4 members (excludes halogenated alkanes) is 1. The predicted molar refractivity (Wildman–Crippen MR) is 83.8 cm³/mol. The fraction of sp³-hybridized carbons (Fsp3) is 0.929. The third kappa shape index (κ3) is 3.10. The van der Waals surface area contributed by atoms with Crippen molar-refractivity contribution in [2.24, 2.45) is 5.41 Å². The van der Waals surface area contributed by atoms with Crippen molar-refractivity contribution in [1.82, 2.24) is 4.90 Å². The minimum atomic E-state index is -1.71. The van der Waals surface area contributed by atoms with Crippen LogP contribution in [0.5, 0.6) is 0 Å². The maximum Gasteiger partial charge on any atom is 0.253 e. The normalized spacial score (nSPS) is 26.8. The van der Waals surface area contributed by atoms with Crippen LogP contribution in [0.15, 0.2) is 0 Å². The first-order chi connectivity index (χ1) is 9.12. The number of nitrogens with zero attached hydrogens (tertiary/aromatic N) is 1. The number of carbonyl (C=O) groups excluding carboxylic acids is 1. The summed E-state index contributed by atoms with van der Waals surface area (Å²) >= 11 is 0. The van der Waals surface area contributed by atoms with Crippen molar-refractivity contribution >= 4 is 29.4 Å². The highest BCUT2D eigenvalue weighted by molar-refractivity contribution is 6.59. The van der Waals surface area contributed by atoms with Crippen molar-refractivity contribution in [3.8, 4) is 0 Å². The first-order valence-electron chi connectivity index (χ1n) is 7.53. The van der Waals surface area contributed by atoms with Gasteiger partial charge in [0.25, 0.3) is 5.91 Å². The summed E-state index contributed by atoms with van der Waals surface area (Å²) in [5.74, 6) is -0.433. The molecule has 20 heavy (non-hydrogen) atoms. The summed E-state index contributed by atoms with van der Waals surface area (Å²) in [5.41, 5.74) is -1.88. The monoisotopic (exact) mass is 271 g/mol. The molecule has 1 rings (SSSR count). The fourth-order valence-corrected chi connectivity index (χ4v) is 3.29. The Hall–Kier alpha value is -0.375. The van der Waals surface area contributed by atoms with Gasteiger partial charge in [0.15, 0.2) is 0 Å². The van der Waals surface area contributed by atoms with E-state index in [-0.39, 0.29) is 0 Å². The van der Waals surface area contributed by atoms with Gasteiger partial charge in [-0.3, -0.25) is 4.79 Å². The summed E-state index contributed by atoms with van der Waals surface area (Å²) in [4.78, 5) is 13.8. The van der Waals surface area contributed by atoms with Crippen LogP contribution in [-0.2, 0) is 4.79 Å². The number of amides is 1. The largest absolute Gasteiger partial charge is 0.379 e. The SMILES string of the molecule is [B]C([B])([B])N1CCC(O)(C(C)(CCC)CCCC)C1=O. The van der Waals surface area contributed by atoms with Gasteiger partial charge in [-0.2, -0.15) is 0 Å². The molecule has 6 radical (unpaired) electrons. The zero-order valence-electron chi connectivity index (χ0n) is 13.0. The molecular weight excluding hydrogens is 247 g/mol. The van der Waals surface area contributed by atoms with Crippen LogP contribution in [0.3, 0.4) is 0 Å². The van der Waals surface area contributed by atoms with Crippen molar-refractivity contribution in [2.45, 2.75) is 70.1 Å². The number of aliphatic hydroxyl groups is 1. The smallest absolute Gasteiger partial charge is 0.253 e. The average molecular weight is 271 g/mol. The van der Waals surface area contributed by atoms with Gasteiger partial charge in [0.1, 0.15) is 5.60 Å². The molecule has 0 spiro atoms. The van der Waals surface area contributed by atoms with E-state index in [0.29, 0.717) is 13.0 Å². The van der Waals surface area contributed by atoms with Crippen molar-refractivity contribution < 1.29 is 9.90 Å². The van der Waals surface area contributed by atoms with E-state index in [2.05, 4.69) is 13.8 Å². The Morgan fingerprint density at radius 3 is 2.25 bits per heavy atom. The van der Waals surface area contributed by atoms with Gasteiger partial charge in [-0.05, 0) is 12.8 Å². The molecule has 0 saturated carbocycles. The minimum absolute atomic E-state index is 0.296. The molecule has 1 amide bonds. The summed E-state index contributed by atoms with van der Waals surface area (Å²) in [6, 6.07) is 0. The predicted octanol–water partition coefficient (Wildman–Crippen LogP) is 1.06. The van der Waals surface area contributed by atoms with Gasteiger partial charge in [0.2, 0.25) is 0 Å². The van der Waals surface area contributed by atoms with E-state index in [0.717, 1.165) is 32.1 Å². The molecule has 1 fully saturated rings. The second kappa shape index (κ2) is 6.17. The van der Waals surface area contributed by atoms with E-state index in [1.165, 1.54) is 4.90 Å². The molecule has 0 bridgehead atoms. The molecule has 1 heterocycles. The van der Waals surface area contributed by atoms with Gasteiger partial charge < -0.3 is 10.0 Å². The van der Waals surface area contributed by atoms with Crippen LogP contribution in [0.4, 0.5) is 0 Å². The first-order valence-corrected chi connectivity index (χ1v) is 7.53. The van der Waals surface area contributed by atoms with E-state index < -0.39 is 22.2 Å². The molecule has 2 atom stereocenters. The Morgan fingerprint density at radius 2 is 1.85 bits per heavy atom. The third-order valence-electron chi connectivity index (χ3n) is 4.65. The van der Waals surface area contributed by atoms with E-state index in [4.69, 9.17) is 23.5 Å². The quantitative estimate of drug-likeness (QED) is 0.703. The first kappa shape index (κ1) is 17.7. The van der Waals surface area contributed by atoms with Gasteiger partial charge in [-0.25, -0.2) is 0 Å². The minimum Gasteiger partial charge on any atom is -0.379 e. The second-order valence-electron chi connectivity index (χ2n) is 6.37. The number of likely N-dealkylation sites (tertiary alicyclic amines) is 1. The van der Waals surface area contributed by atoms with E-state index in [1.54, 1.807) is 0 Å². The molecule has 0 aliphatic carbocycles. The lowest BCUT2D eigenvalue weighted by Gasteiger charge is -2.43. The van der Waals surface area contributed by atoms with E-state index in [9.17, 15) is 9.90 Å². The van der Waals surface area contributed by atoms with Crippen LogP contribution in [0.1, 0.15) is 59.3 Å². The molecule has 1 aliphatic heterocycles. The van der Waals surface area contributed by atoms with Crippen molar-refractivity contribution in [1.29, 1.82) is 0 Å². The summed E-state index contributed by atoms with van der Waals surface area (Å²) in [6.07, 6.45) is 4.84. The zero-order valence-corrected chi connectivity index (χ0v) is 13.0. The molecule has 2 unspecified atom stereocenters. The molecule has 1 saturated heterocycles. The highest BCUT2D eigenvalue weighted by atomic mass is 16.3. The summed E-state index contributed by atoms with van der Waals surface area (Å²) in [5, 5.41) is 9.30. The van der Waals surface area contributed by atoms with Gasteiger partial charge >= 0.3 is 0 Å². The van der Waals surface area contributed by atoms with Gasteiger partial charge in [0.05, 0.1) is 23.5 Å². The van der Waals surface area contributed by atoms with Crippen LogP contribution < -0.4 is 0 Å². The molecule has 1 aliphatic rings. The molecule has 0 aromatic rings. The zero-order chi connectivity index (χ0) is 15.6. The van der Waals surface area contributed by atoms with Crippen LogP contribution in [0, 0.1) is 5.41 Å². The lowest BCUT2D eigenvalue weighted by atomic mass is 9.48. The molecule has 106 valence electrons. The Bertz CT molecular complexity index is 359. The van der Waals surface area contributed by atoms with Crippen LogP contribution in [-0.4, -0.2) is 56.8 Å². The van der Waals surface area contributed by atoms with Crippen LogP contribution in [0.25, 0.3) is 0 Å². The molecule has 3 nitrogen and oxygen atoms in total. The van der Waals surface area contributed by atoms with Crippen LogP contribution >= 0.6 is 0 Å². The molecule has 0 aromatic carbocycles. The van der Waals surface area contributed by atoms with E-state index in [1.807, 2.05) is 6.92 Å². The number of carbonyl (C=O) groups is 1. The Kier molecular flexibility index (Phi) is 5.45. The maximum atomic E-state index is 12.6. The van der Waals surface area contributed by atoms with Crippen LogP contribution in [0.2, 0.25) is 0 Å². The summed E-state index contributed by atoms with van der Waals surface area (Å²) < 4.78 is 0. The second-order valence-corrected chi connectivity index (χ2v) is 6.37. The summed E-state index contributed by atoms with van der Waals surface area (Å²) in [7, 11) is 16.9. The van der Waals surface area contributed by atoms with E-state index >= 15 is 0 Å². The maximum absolute atomic E-state index is 12.6. The lowest BCUT2D eigenvalue weighted by Crippen LogP contribution is -2.58. The molecule has 0 aromatic heterocycles. The topological polar surface area (TPSA) is 40.5 Å². The Balaban J connectivity index is 3.04. The Morgan fingerprint density at radius 1 is 1.25 bits per heavy atom. The van der Waals surface area contributed by atoms with Crippen molar-refractivity contribution in [3.05, 3.63) is 0 Å². The van der Waals surface area contributed by atoms with Crippen molar-refractivity contribution in [2.75, 3.05) is 6.54 Å². The highest BCUT2D eigenvalue weighted by Crippen LogP contribution is 2.47. The highest BCUT2D eigenvalue weighted by Gasteiger charge is 2.57. The Labute approximate surface area is 127 Å². The third-order valence-corrected chi connectivity index (χ3v) is 4.65. The average Bonchev–Trinajstić information content (AvgIpc) is 2.65.